The summed E-state index contributed by atoms with van der Waals surface area (Å²) >= 11 is 0. The smallest absolute Gasteiger partial charge is 0.258 e. The monoisotopic (exact) mass is 408 g/mol. The zero-order valence-corrected chi connectivity index (χ0v) is 17.1. The molecule has 8 heteroatoms. The molecular formula is C20H25FN2O4S. The van der Waals surface area contributed by atoms with E-state index in [9.17, 15) is 17.6 Å². The summed E-state index contributed by atoms with van der Waals surface area (Å²) in [7, 11) is -3.59. The maximum absolute atomic E-state index is 13.0. The van der Waals surface area contributed by atoms with Crippen LogP contribution in [0.3, 0.4) is 0 Å². The highest BCUT2D eigenvalue weighted by Crippen LogP contribution is 2.22. The van der Waals surface area contributed by atoms with Gasteiger partial charge in [0.1, 0.15) is 11.6 Å². The van der Waals surface area contributed by atoms with Gasteiger partial charge in [0, 0.05) is 6.04 Å². The Morgan fingerprint density at radius 1 is 1.11 bits per heavy atom. The molecule has 1 atom stereocenters. The summed E-state index contributed by atoms with van der Waals surface area (Å²) in [4.78, 5) is 12.2. The maximum atomic E-state index is 13.0. The average Bonchev–Trinajstić information content (AvgIpc) is 2.60. The fourth-order valence-corrected chi connectivity index (χ4v) is 3.93. The average molecular weight is 408 g/mol. The van der Waals surface area contributed by atoms with Crippen molar-refractivity contribution in [2.45, 2.75) is 44.7 Å². The Bertz CT molecular complexity index is 928. The fraction of sp³-hybridized carbons (Fsp3) is 0.350. The lowest BCUT2D eigenvalue weighted by atomic mass is 10.1. The zero-order chi connectivity index (χ0) is 20.9. The van der Waals surface area contributed by atoms with Crippen LogP contribution in [0.15, 0.2) is 47.4 Å². The Balaban J connectivity index is 1.96. The lowest BCUT2D eigenvalue weighted by Crippen LogP contribution is -2.31. The first-order chi connectivity index (χ1) is 13.1. The van der Waals surface area contributed by atoms with E-state index in [2.05, 4.69) is 10.0 Å². The molecule has 0 saturated carbocycles. The number of rotatable bonds is 8. The summed E-state index contributed by atoms with van der Waals surface area (Å²) in [6, 6.07) is 9.83. The van der Waals surface area contributed by atoms with Gasteiger partial charge < -0.3 is 10.1 Å². The SMILES string of the molecule is Cc1cc(S(=O)(=O)NC(C)C)ccc1OCC(=O)NC(C)c1ccc(F)cc1. The van der Waals surface area contributed by atoms with Crippen LogP contribution in [0.25, 0.3) is 0 Å². The number of benzene rings is 2. The summed E-state index contributed by atoms with van der Waals surface area (Å²) < 4.78 is 45.4. The third kappa shape index (κ3) is 6.03. The van der Waals surface area contributed by atoms with Gasteiger partial charge in [0.15, 0.2) is 6.61 Å². The zero-order valence-electron chi connectivity index (χ0n) is 16.3. The van der Waals surface area contributed by atoms with E-state index < -0.39 is 10.0 Å². The Labute approximate surface area is 165 Å². The van der Waals surface area contributed by atoms with Crippen molar-refractivity contribution in [1.82, 2.24) is 10.0 Å². The van der Waals surface area contributed by atoms with Crippen molar-refractivity contribution in [2.24, 2.45) is 0 Å². The van der Waals surface area contributed by atoms with Crippen molar-refractivity contribution in [1.29, 1.82) is 0 Å². The normalized spacial score (nSPS) is 12.6. The van der Waals surface area contributed by atoms with Gasteiger partial charge in [-0.05, 0) is 69.2 Å². The molecule has 0 radical (unpaired) electrons. The molecule has 2 aromatic rings. The van der Waals surface area contributed by atoms with Crippen molar-refractivity contribution in [3.05, 3.63) is 59.4 Å². The molecule has 2 N–H and O–H groups in total. The quantitative estimate of drug-likeness (QED) is 0.703. The summed E-state index contributed by atoms with van der Waals surface area (Å²) in [5.74, 6) is -0.252. The van der Waals surface area contributed by atoms with E-state index in [0.29, 0.717) is 11.3 Å². The van der Waals surface area contributed by atoms with E-state index in [0.717, 1.165) is 5.56 Å². The van der Waals surface area contributed by atoms with Crippen LogP contribution in [0.2, 0.25) is 0 Å². The van der Waals surface area contributed by atoms with Gasteiger partial charge in [-0.15, -0.1) is 0 Å². The van der Waals surface area contributed by atoms with E-state index in [-0.39, 0.29) is 35.3 Å². The summed E-state index contributed by atoms with van der Waals surface area (Å²) in [6.07, 6.45) is 0. The van der Waals surface area contributed by atoms with Gasteiger partial charge in [0.25, 0.3) is 5.91 Å². The van der Waals surface area contributed by atoms with Gasteiger partial charge in [-0.1, -0.05) is 12.1 Å². The first-order valence-electron chi connectivity index (χ1n) is 8.89. The second kappa shape index (κ2) is 9.16. The highest BCUT2D eigenvalue weighted by molar-refractivity contribution is 7.89. The van der Waals surface area contributed by atoms with E-state index >= 15 is 0 Å². The first kappa shape index (κ1) is 21.8. The molecule has 0 aromatic heterocycles. The number of aryl methyl sites for hydroxylation is 1. The van der Waals surface area contributed by atoms with Crippen molar-refractivity contribution in [3.8, 4) is 5.75 Å². The second-order valence-corrected chi connectivity index (χ2v) is 8.55. The van der Waals surface area contributed by atoms with Gasteiger partial charge in [-0.25, -0.2) is 17.5 Å². The van der Waals surface area contributed by atoms with Crippen LogP contribution in [0.1, 0.15) is 37.9 Å². The van der Waals surface area contributed by atoms with Crippen molar-refractivity contribution >= 4 is 15.9 Å². The van der Waals surface area contributed by atoms with E-state index in [4.69, 9.17) is 4.74 Å². The van der Waals surface area contributed by atoms with Gasteiger partial charge in [0.05, 0.1) is 10.9 Å². The number of carbonyl (C=O) groups excluding carboxylic acids is 1. The minimum Gasteiger partial charge on any atom is -0.484 e. The minimum absolute atomic E-state index is 0.139. The van der Waals surface area contributed by atoms with Crippen LogP contribution in [0.5, 0.6) is 5.75 Å². The molecule has 0 aliphatic rings. The molecule has 0 heterocycles. The highest BCUT2D eigenvalue weighted by Gasteiger charge is 2.17. The molecular weight excluding hydrogens is 383 g/mol. The molecule has 0 saturated heterocycles. The molecule has 2 rings (SSSR count). The lowest BCUT2D eigenvalue weighted by Gasteiger charge is -2.16. The summed E-state index contributed by atoms with van der Waals surface area (Å²) in [5.41, 5.74) is 1.38. The van der Waals surface area contributed by atoms with Crippen molar-refractivity contribution in [2.75, 3.05) is 6.61 Å². The first-order valence-corrected chi connectivity index (χ1v) is 10.4. The van der Waals surface area contributed by atoms with Crippen LogP contribution < -0.4 is 14.8 Å². The van der Waals surface area contributed by atoms with Crippen LogP contribution in [-0.4, -0.2) is 27.0 Å². The molecule has 0 spiro atoms. The predicted molar refractivity (Wildman–Crippen MR) is 105 cm³/mol. The van der Waals surface area contributed by atoms with Crippen molar-refractivity contribution < 1.29 is 22.3 Å². The van der Waals surface area contributed by atoms with E-state index in [1.165, 1.54) is 30.3 Å². The van der Waals surface area contributed by atoms with Crippen LogP contribution in [0.4, 0.5) is 4.39 Å². The van der Waals surface area contributed by atoms with Gasteiger partial charge in [0.2, 0.25) is 10.0 Å². The molecule has 2 aromatic carbocycles. The van der Waals surface area contributed by atoms with Gasteiger partial charge in [-0.3, -0.25) is 4.79 Å². The second-order valence-electron chi connectivity index (χ2n) is 6.83. The third-order valence-electron chi connectivity index (χ3n) is 3.95. The highest BCUT2D eigenvalue weighted by atomic mass is 32.2. The molecule has 0 aliphatic carbocycles. The standard InChI is InChI=1S/C20H25FN2O4S/c1-13(2)23-28(25,26)18-9-10-19(14(3)11-18)27-12-20(24)22-15(4)16-5-7-17(21)8-6-16/h5-11,13,15,23H,12H2,1-4H3,(H,22,24). The molecule has 1 unspecified atom stereocenters. The minimum atomic E-state index is -3.59. The molecule has 1 amide bonds. The molecule has 152 valence electrons. The Kier molecular flexibility index (Phi) is 7.15. The number of ether oxygens (including phenoxy) is 1. The summed E-state index contributed by atoms with van der Waals surface area (Å²) in [5, 5.41) is 2.77. The van der Waals surface area contributed by atoms with Crippen molar-refractivity contribution in [3.63, 3.8) is 0 Å². The molecule has 6 nitrogen and oxygen atoms in total. The number of amides is 1. The fourth-order valence-electron chi connectivity index (χ4n) is 2.59. The number of carbonyl (C=O) groups is 1. The molecule has 0 bridgehead atoms. The maximum Gasteiger partial charge on any atom is 0.258 e. The van der Waals surface area contributed by atoms with Crippen LogP contribution in [-0.2, 0) is 14.8 Å². The third-order valence-corrected chi connectivity index (χ3v) is 5.61. The van der Waals surface area contributed by atoms with Gasteiger partial charge in [-0.2, -0.15) is 0 Å². The van der Waals surface area contributed by atoms with Crippen LogP contribution >= 0.6 is 0 Å². The van der Waals surface area contributed by atoms with E-state index in [1.807, 2.05) is 0 Å². The number of sulfonamides is 1. The largest absolute Gasteiger partial charge is 0.484 e. The molecule has 28 heavy (non-hydrogen) atoms. The van der Waals surface area contributed by atoms with Crippen LogP contribution in [0, 0.1) is 12.7 Å². The summed E-state index contributed by atoms with van der Waals surface area (Å²) in [6.45, 7) is 6.77. The topological polar surface area (TPSA) is 84.5 Å². The van der Waals surface area contributed by atoms with Gasteiger partial charge >= 0.3 is 0 Å². The number of nitrogens with one attached hydrogen (secondary N) is 2. The molecule has 0 fully saturated rings. The number of hydrogen-bond donors (Lipinski definition) is 2. The Morgan fingerprint density at radius 3 is 2.32 bits per heavy atom. The number of halogens is 1. The number of hydrogen-bond acceptors (Lipinski definition) is 4. The Hall–Kier alpha value is -2.45. The molecule has 0 aliphatic heterocycles. The predicted octanol–water partition coefficient (Wildman–Crippen LogP) is 3.08. The lowest BCUT2D eigenvalue weighted by molar-refractivity contribution is -0.123. The van der Waals surface area contributed by atoms with E-state index in [1.54, 1.807) is 39.8 Å². The Morgan fingerprint density at radius 2 is 1.75 bits per heavy atom.